The van der Waals surface area contributed by atoms with Crippen molar-refractivity contribution < 1.29 is 22.7 Å². The minimum atomic E-state index is -4.74. The largest absolute Gasteiger partial charge is 0.573 e. The fourth-order valence-corrected chi connectivity index (χ4v) is 3.77. The monoisotopic (exact) mass is 394 g/mol. The van der Waals surface area contributed by atoms with Gasteiger partial charge >= 0.3 is 6.36 Å². The number of hydrogen-bond acceptors (Lipinski definition) is 4. The molecule has 2 fully saturated rings. The molecule has 6 nitrogen and oxygen atoms in total. The molecular formula is C19H21F3N4O2. The molecule has 1 aliphatic heterocycles. The Balaban J connectivity index is 1.38. The molecule has 1 aromatic carbocycles. The number of amides is 1. The molecule has 1 unspecified atom stereocenters. The summed E-state index contributed by atoms with van der Waals surface area (Å²) in [4.78, 5) is 14.6. The summed E-state index contributed by atoms with van der Waals surface area (Å²) in [5, 5.41) is 8.21. The quantitative estimate of drug-likeness (QED) is 0.749. The molecule has 150 valence electrons. The van der Waals surface area contributed by atoms with Gasteiger partial charge in [-0.1, -0.05) is 0 Å². The minimum Gasteiger partial charge on any atom is -0.406 e. The molecule has 0 spiro atoms. The molecule has 0 radical (unpaired) electrons. The highest BCUT2D eigenvalue weighted by Crippen LogP contribution is 2.35. The van der Waals surface area contributed by atoms with E-state index in [1.165, 1.54) is 24.3 Å². The van der Waals surface area contributed by atoms with Crippen LogP contribution in [-0.2, 0) is 6.42 Å². The molecule has 1 saturated heterocycles. The first-order valence-corrected chi connectivity index (χ1v) is 9.46. The number of carbonyl (C=O) groups is 1. The Labute approximate surface area is 160 Å². The lowest BCUT2D eigenvalue weighted by Gasteiger charge is -2.25. The summed E-state index contributed by atoms with van der Waals surface area (Å²) in [6, 6.07) is 5.71. The van der Waals surface area contributed by atoms with Crippen LogP contribution in [0.25, 0.3) is 0 Å². The van der Waals surface area contributed by atoms with Crippen LogP contribution in [0.5, 0.6) is 5.75 Å². The number of nitrogens with zero attached hydrogens (tertiary/aromatic N) is 4. The number of rotatable bonds is 6. The smallest absolute Gasteiger partial charge is 0.406 e. The summed E-state index contributed by atoms with van der Waals surface area (Å²) in [5.74, 6) is 0.460. The maximum atomic E-state index is 12.8. The topological polar surface area (TPSA) is 60.2 Å². The van der Waals surface area contributed by atoms with Gasteiger partial charge in [0.05, 0.1) is 0 Å². The summed E-state index contributed by atoms with van der Waals surface area (Å²) < 4.78 is 42.8. The van der Waals surface area contributed by atoms with Crippen molar-refractivity contribution in [1.82, 2.24) is 19.7 Å². The van der Waals surface area contributed by atoms with Crippen molar-refractivity contribution in [2.75, 3.05) is 6.54 Å². The summed E-state index contributed by atoms with van der Waals surface area (Å²) in [6.45, 7) is 0.652. The van der Waals surface area contributed by atoms with Gasteiger partial charge in [-0.2, -0.15) is 0 Å². The van der Waals surface area contributed by atoms with Crippen molar-refractivity contribution in [3.63, 3.8) is 0 Å². The molecule has 4 rings (SSSR count). The van der Waals surface area contributed by atoms with Crippen molar-refractivity contribution in [1.29, 1.82) is 0 Å². The van der Waals surface area contributed by atoms with E-state index in [2.05, 4.69) is 19.5 Å². The Morgan fingerprint density at radius 3 is 2.61 bits per heavy atom. The van der Waals surface area contributed by atoms with Crippen LogP contribution in [0.2, 0.25) is 0 Å². The zero-order valence-corrected chi connectivity index (χ0v) is 15.2. The first-order valence-electron chi connectivity index (χ1n) is 9.46. The first kappa shape index (κ1) is 18.8. The Kier molecular flexibility index (Phi) is 4.99. The number of aryl methyl sites for hydroxylation is 1. The number of carbonyl (C=O) groups excluding carboxylic acids is 1. The standard InChI is InChI=1S/C19H21F3N4O2/c20-19(21,22)28-16-8-3-13(4-9-16)18(27)25-11-1-2-14(25)7-10-17-24-23-12-26(17)15-5-6-15/h3-4,8-9,12,14-15H,1-2,5-7,10-11H2. The van der Waals surface area contributed by atoms with E-state index in [1.807, 2.05) is 4.90 Å². The van der Waals surface area contributed by atoms with Gasteiger partial charge in [0, 0.05) is 30.6 Å². The maximum Gasteiger partial charge on any atom is 0.573 e. The van der Waals surface area contributed by atoms with E-state index in [-0.39, 0.29) is 17.7 Å². The number of hydrogen-bond donors (Lipinski definition) is 0. The second kappa shape index (κ2) is 7.44. The lowest BCUT2D eigenvalue weighted by Crippen LogP contribution is -2.36. The van der Waals surface area contributed by atoms with Crippen molar-refractivity contribution in [2.24, 2.45) is 0 Å². The highest BCUT2D eigenvalue weighted by molar-refractivity contribution is 5.94. The Hall–Kier alpha value is -2.58. The van der Waals surface area contributed by atoms with Gasteiger partial charge in [0.2, 0.25) is 0 Å². The van der Waals surface area contributed by atoms with E-state index in [4.69, 9.17) is 0 Å². The van der Waals surface area contributed by atoms with E-state index in [1.54, 1.807) is 6.33 Å². The normalized spacial score (nSPS) is 19.8. The molecule has 2 heterocycles. The first-order chi connectivity index (χ1) is 13.4. The van der Waals surface area contributed by atoms with E-state index >= 15 is 0 Å². The summed E-state index contributed by atoms with van der Waals surface area (Å²) >= 11 is 0. The summed E-state index contributed by atoms with van der Waals surface area (Å²) in [6.07, 6.45) is 2.73. The molecule has 2 aromatic rings. The van der Waals surface area contributed by atoms with Gasteiger partial charge in [-0.15, -0.1) is 23.4 Å². The summed E-state index contributed by atoms with van der Waals surface area (Å²) in [5.41, 5.74) is 0.363. The molecule has 1 atom stereocenters. The average Bonchev–Trinajstić information content (AvgIpc) is 3.20. The van der Waals surface area contributed by atoms with Crippen LogP contribution in [0, 0.1) is 0 Å². The van der Waals surface area contributed by atoms with Crippen LogP contribution in [-0.4, -0.2) is 44.5 Å². The number of benzene rings is 1. The molecule has 1 amide bonds. The van der Waals surface area contributed by atoms with Gasteiger partial charge < -0.3 is 14.2 Å². The average molecular weight is 394 g/mol. The molecule has 1 aliphatic carbocycles. The Morgan fingerprint density at radius 1 is 1.18 bits per heavy atom. The zero-order valence-electron chi connectivity index (χ0n) is 15.2. The predicted molar refractivity (Wildman–Crippen MR) is 93.8 cm³/mol. The van der Waals surface area contributed by atoms with E-state index in [9.17, 15) is 18.0 Å². The van der Waals surface area contributed by atoms with Crippen LogP contribution >= 0.6 is 0 Å². The van der Waals surface area contributed by atoms with E-state index in [0.29, 0.717) is 18.2 Å². The second-order valence-electron chi connectivity index (χ2n) is 7.29. The van der Waals surface area contributed by atoms with Gasteiger partial charge in [0.25, 0.3) is 5.91 Å². The maximum absolute atomic E-state index is 12.8. The molecule has 2 aliphatic rings. The van der Waals surface area contributed by atoms with Gasteiger partial charge in [-0.3, -0.25) is 4.79 Å². The fraction of sp³-hybridized carbons (Fsp3) is 0.526. The minimum absolute atomic E-state index is 0.1000. The fourth-order valence-electron chi connectivity index (χ4n) is 3.77. The van der Waals surface area contributed by atoms with E-state index in [0.717, 1.165) is 44.3 Å². The number of alkyl halides is 3. The molecule has 28 heavy (non-hydrogen) atoms. The Bertz CT molecular complexity index is 830. The third-order valence-electron chi connectivity index (χ3n) is 5.26. The molecule has 9 heteroatoms. The summed E-state index contributed by atoms with van der Waals surface area (Å²) in [7, 11) is 0. The lowest BCUT2D eigenvalue weighted by atomic mass is 10.1. The predicted octanol–water partition coefficient (Wildman–Crippen LogP) is 3.75. The van der Waals surface area contributed by atoms with Crippen LogP contribution in [0.4, 0.5) is 13.2 Å². The van der Waals surface area contributed by atoms with Crippen molar-refractivity contribution >= 4 is 5.91 Å². The molecule has 1 saturated carbocycles. The number of aromatic nitrogens is 3. The van der Waals surface area contributed by atoms with Crippen LogP contribution in [0.1, 0.15) is 54.3 Å². The number of ether oxygens (including phenoxy) is 1. The van der Waals surface area contributed by atoms with Gasteiger partial charge in [0.1, 0.15) is 17.9 Å². The Morgan fingerprint density at radius 2 is 1.93 bits per heavy atom. The van der Waals surface area contributed by atoms with Crippen LogP contribution in [0.15, 0.2) is 30.6 Å². The second-order valence-corrected chi connectivity index (χ2v) is 7.29. The van der Waals surface area contributed by atoms with E-state index < -0.39 is 6.36 Å². The zero-order chi connectivity index (χ0) is 19.7. The number of halogens is 3. The van der Waals surface area contributed by atoms with Crippen molar-refractivity contribution in [3.05, 3.63) is 42.0 Å². The van der Waals surface area contributed by atoms with Crippen molar-refractivity contribution in [2.45, 2.75) is 57.0 Å². The molecule has 0 bridgehead atoms. The highest BCUT2D eigenvalue weighted by Gasteiger charge is 2.32. The highest BCUT2D eigenvalue weighted by atomic mass is 19.4. The molecule has 0 N–H and O–H groups in total. The van der Waals surface area contributed by atoms with Crippen molar-refractivity contribution in [3.8, 4) is 5.75 Å². The van der Waals surface area contributed by atoms with Gasteiger partial charge in [-0.25, -0.2) is 0 Å². The van der Waals surface area contributed by atoms with Gasteiger partial charge in [0.15, 0.2) is 0 Å². The molecule has 1 aromatic heterocycles. The molecular weight excluding hydrogens is 373 g/mol. The lowest BCUT2D eigenvalue weighted by molar-refractivity contribution is -0.274. The van der Waals surface area contributed by atoms with Gasteiger partial charge in [-0.05, 0) is 56.4 Å². The van der Waals surface area contributed by atoms with Crippen LogP contribution in [0.3, 0.4) is 0 Å². The third kappa shape index (κ3) is 4.28. The third-order valence-corrected chi connectivity index (χ3v) is 5.26. The SMILES string of the molecule is O=C(c1ccc(OC(F)(F)F)cc1)N1CCCC1CCc1nncn1C1CC1. The number of likely N-dealkylation sites (tertiary alicyclic amines) is 1. The van der Waals surface area contributed by atoms with Crippen LogP contribution < -0.4 is 4.74 Å².